The SMILES string of the molecule is CC(C)(C)c1ccc2c(c1)B1c3c(cccc3-n3c4c1cccc4c1ccc4c(c5ccccc5n4-c4ccccc4)c13)O2. The Bertz CT molecular complexity index is 2510. The molecule has 4 heterocycles. The van der Waals surface area contributed by atoms with Crippen molar-refractivity contribution in [2.24, 2.45) is 0 Å². The van der Waals surface area contributed by atoms with Gasteiger partial charge < -0.3 is 13.9 Å². The molecule has 0 bridgehead atoms. The predicted octanol–water partition coefficient (Wildman–Crippen LogP) is 8.11. The molecule has 8 aromatic rings. The van der Waals surface area contributed by atoms with E-state index in [-0.39, 0.29) is 12.1 Å². The second-order valence-corrected chi connectivity index (χ2v) is 13.3. The van der Waals surface area contributed by atoms with E-state index < -0.39 is 0 Å². The molecule has 0 unspecified atom stereocenters. The maximum absolute atomic E-state index is 6.69. The molecule has 0 aliphatic carbocycles. The minimum Gasteiger partial charge on any atom is -0.458 e. The molecule has 0 saturated heterocycles. The van der Waals surface area contributed by atoms with E-state index in [0.717, 1.165) is 11.5 Å². The van der Waals surface area contributed by atoms with Crippen LogP contribution in [0, 0.1) is 0 Å². The Balaban J connectivity index is 1.39. The molecule has 6 aromatic carbocycles. The first kappa shape index (κ1) is 24.3. The molecule has 208 valence electrons. The van der Waals surface area contributed by atoms with E-state index in [1.54, 1.807) is 0 Å². The van der Waals surface area contributed by atoms with Gasteiger partial charge in [-0.15, -0.1) is 0 Å². The van der Waals surface area contributed by atoms with Gasteiger partial charge in [0, 0.05) is 38.4 Å². The highest BCUT2D eigenvalue weighted by atomic mass is 16.5. The van der Waals surface area contributed by atoms with Gasteiger partial charge in [0.2, 0.25) is 0 Å². The van der Waals surface area contributed by atoms with Gasteiger partial charge in [-0.05, 0) is 69.8 Å². The molecule has 3 nitrogen and oxygen atoms in total. The van der Waals surface area contributed by atoms with Gasteiger partial charge in [0.1, 0.15) is 11.5 Å². The molecule has 0 spiro atoms. The van der Waals surface area contributed by atoms with Gasteiger partial charge in [-0.2, -0.15) is 0 Å². The Morgan fingerprint density at radius 3 is 2.20 bits per heavy atom. The van der Waals surface area contributed by atoms with Crippen LogP contribution in [0.15, 0.2) is 121 Å². The van der Waals surface area contributed by atoms with Crippen LogP contribution in [0.1, 0.15) is 26.3 Å². The second kappa shape index (κ2) is 8.24. The minimum absolute atomic E-state index is 0.0446. The highest BCUT2D eigenvalue weighted by Crippen LogP contribution is 2.43. The summed E-state index contributed by atoms with van der Waals surface area (Å²) < 4.78 is 11.6. The molecule has 0 saturated carbocycles. The molecule has 2 aromatic heterocycles. The maximum Gasteiger partial charge on any atom is 0.256 e. The van der Waals surface area contributed by atoms with Crippen molar-refractivity contribution in [3.63, 3.8) is 0 Å². The van der Waals surface area contributed by atoms with E-state index in [4.69, 9.17) is 4.74 Å². The molecular weight excluding hydrogens is 535 g/mol. The third-order valence-electron chi connectivity index (χ3n) is 9.92. The first-order valence-corrected chi connectivity index (χ1v) is 15.5. The van der Waals surface area contributed by atoms with Gasteiger partial charge in [0.05, 0.1) is 16.6 Å². The van der Waals surface area contributed by atoms with Crippen LogP contribution in [-0.2, 0) is 5.41 Å². The van der Waals surface area contributed by atoms with Crippen LogP contribution in [0.5, 0.6) is 11.5 Å². The van der Waals surface area contributed by atoms with E-state index in [9.17, 15) is 0 Å². The Morgan fingerprint density at radius 2 is 1.34 bits per heavy atom. The molecule has 44 heavy (non-hydrogen) atoms. The molecule has 0 amide bonds. The summed E-state index contributed by atoms with van der Waals surface area (Å²) in [5.41, 5.74) is 12.6. The predicted molar refractivity (Wildman–Crippen MR) is 185 cm³/mol. The Kier molecular flexibility index (Phi) is 4.54. The lowest BCUT2D eigenvalue weighted by molar-refractivity contribution is 0.486. The number of ether oxygens (including phenoxy) is 1. The van der Waals surface area contributed by atoms with Gasteiger partial charge in [0.25, 0.3) is 6.71 Å². The monoisotopic (exact) mass is 564 g/mol. The molecule has 10 rings (SSSR count). The number of hydrogen-bond donors (Lipinski definition) is 0. The van der Waals surface area contributed by atoms with Crippen LogP contribution in [0.25, 0.3) is 55.0 Å². The van der Waals surface area contributed by atoms with E-state index >= 15 is 0 Å². The third kappa shape index (κ3) is 2.98. The van der Waals surface area contributed by atoms with Crippen LogP contribution >= 0.6 is 0 Å². The van der Waals surface area contributed by atoms with Crippen LogP contribution in [-0.4, -0.2) is 15.8 Å². The standard InChI is InChI=1S/C40H29BN2O/c1-40(2,3)24-19-22-34-30(23-24)41-29-15-9-14-26-27-20-21-32-36(28-13-7-8-16-31(28)42(32)25-11-5-4-6-12-25)39(27)43(38(26)29)33-17-10-18-35(44-34)37(33)41/h4-23H,1-3H3. The number of benzene rings is 6. The lowest BCUT2D eigenvalue weighted by atomic mass is 9.34. The lowest BCUT2D eigenvalue weighted by Crippen LogP contribution is -2.58. The Labute approximate surface area is 256 Å². The zero-order valence-corrected chi connectivity index (χ0v) is 24.9. The summed E-state index contributed by atoms with van der Waals surface area (Å²) in [6, 6.07) is 44.5. The van der Waals surface area contributed by atoms with E-state index in [2.05, 4.69) is 151 Å². The fourth-order valence-electron chi connectivity index (χ4n) is 8.00. The Hall–Kier alpha value is -5.22. The quantitative estimate of drug-likeness (QED) is 0.184. The molecule has 0 radical (unpaired) electrons. The molecular formula is C40H29BN2O. The molecule has 2 aliphatic heterocycles. The largest absolute Gasteiger partial charge is 0.458 e. The first-order chi connectivity index (χ1) is 21.5. The summed E-state index contributed by atoms with van der Waals surface area (Å²) in [6.45, 7) is 6.96. The summed E-state index contributed by atoms with van der Waals surface area (Å²) in [4.78, 5) is 0. The molecule has 4 heteroatoms. The Morgan fingerprint density at radius 1 is 0.568 bits per heavy atom. The van der Waals surface area contributed by atoms with Gasteiger partial charge >= 0.3 is 0 Å². The summed E-state index contributed by atoms with van der Waals surface area (Å²) in [6.07, 6.45) is 0. The van der Waals surface area contributed by atoms with Crippen molar-refractivity contribution < 1.29 is 4.74 Å². The van der Waals surface area contributed by atoms with E-state index in [1.165, 1.54) is 76.9 Å². The van der Waals surface area contributed by atoms with Crippen molar-refractivity contribution in [2.45, 2.75) is 26.2 Å². The molecule has 2 aliphatic rings. The normalized spacial score (nSPS) is 13.5. The number of para-hydroxylation sites is 3. The van der Waals surface area contributed by atoms with Gasteiger partial charge in [0.15, 0.2) is 0 Å². The van der Waals surface area contributed by atoms with Crippen molar-refractivity contribution in [3.05, 3.63) is 127 Å². The zero-order chi connectivity index (χ0) is 29.3. The molecule has 0 atom stereocenters. The van der Waals surface area contributed by atoms with Crippen LogP contribution in [0.2, 0.25) is 0 Å². The average Bonchev–Trinajstić information content (AvgIpc) is 3.56. The van der Waals surface area contributed by atoms with Crippen molar-refractivity contribution in [3.8, 4) is 22.9 Å². The fraction of sp³-hybridized carbons (Fsp3) is 0.100. The number of hydrogen-bond acceptors (Lipinski definition) is 1. The third-order valence-corrected chi connectivity index (χ3v) is 9.92. The number of aromatic nitrogens is 2. The smallest absolute Gasteiger partial charge is 0.256 e. The summed E-state index contributed by atoms with van der Waals surface area (Å²) in [5, 5.41) is 5.13. The number of nitrogens with zero attached hydrogens (tertiary/aromatic N) is 2. The number of fused-ring (bicyclic) bond motifs is 11. The second-order valence-electron chi connectivity index (χ2n) is 13.3. The van der Waals surface area contributed by atoms with Crippen molar-refractivity contribution in [1.29, 1.82) is 0 Å². The van der Waals surface area contributed by atoms with Crippen molar-refractivity contribution in [1.82, 2.24) is 9.13 Å². The van der Waals surface area contributed by atoms with Crippen LogP contribution < -0.4 is 21.1 Å². The molecule has 0 fully saturated rings. The highest BCUT2D eigenvalue weighted by molar-refractivity contribution is 6.99. The van der Waals surface area contributed by atoms with Crippen LogP contribution in [0.4, 0.5) is 0 Å². The highest BCUT2D eigenvalue weighted by Gasteiger charge is 2.41. The zero-order valence-electron chi connectivity index (χ0n) is 24.9. The summed E-state index contributed by atoms with van der Waals surface area (Å²) in [7, 11) is 0. The number of rotatable bonds is 1. The van der Waals surface area contributed by atoms with Crippen molar-refractivity contribution >= 4 is 66.7 Å². The lowest BCUT2D eigenvalue weighted by Gasteiger charge is -2.34. The van der Waals surface area contributed by atoms with Crippen molar-refractivity contribution in [2.75, 3.05) is 0 Å². The van der Waals surface area contributed by atoms with E-state index in [0.29, 0.717) is 0 Å². The molecule has 0 N–H and O–H groups in total. The van der Waals surface area contributed by atoms with E-state index in [1.807, 2.05) is 0 Å². The fourth-order valence-corrected chi connectivity index (χ4v) is 8.00. The van der Waals surface area contributed by atoms with Crippen LogP contribution in [0.3, 0.4) is 0 Å². The van der Waals surface area contributed by atoms with Gasteiger partial charge in [-0.3, -0.25) is 0 Å². The van der Waals surface area contributed by atoms with Gasteiger partial charge in [-0.1, -0.05) is 99.6 Å². The average molecular weight is 564 g/mol. The summed E-state index contributed by atoms with van der Waals surface area (Å²) >= 11 is 0. The summed E-state index contributed by atoms with van der Waals surface area (Å²) in [5.74, 6) is 1.91. The first-order valence-electron chi connectivity index (χ1n) is 15.5. The van der Waals surface area contributed by atoms with Gasteiger partial charge in [-0.25, -0.2) is 0 Å². The maximum atomic E-state index is 6.69. The topological polar surface area (TPSA) is 19.1 Å². The minimum atomic E-state index is 0.0446.